The zero-order valence-corrected chi connectivity index (χ0v) is 14.5. The first kappa shape index (κ1) is 16.6. The van der Waals surface area contributed by atoms with Crippen molar-refractivity contribution < 1.29 is 14.3 Å². The van der Waals surface area contributed by atoms with E-state index in [4.69, 9.17) is 21.1 Å². The predicted octanol–water partition coefficient (Wildman–Crippen LogP) is 4.96. The Hall–Kier alpha value is -2.26. The molecule has 0 saturated heterocycles. The van der Waals surface area contributed by atoms with Crippen molar-refractivity contribution in [3.63, 3.8) is 0 Å². The molecule has 0 N–H and O–H groups in total. The third-order valence-corrected chi connectivity index (χ3v) is 4.09. The molecule has 1 heterocycles. The average molecular weight is 343 g/mol. The van der Waals surface area contributed by atoms with Gasteiger partial charge in [0.15, 0.2) is 5.78 Å². The van der Waals surface area contributed by atoms with Gasteiger partial charge in [-0.2, -0.15) is 0 Å². The van der Waals surface area contributed by atoms with Crippen LogP contribution in [0.25, 0.3) is 6.08 Å². The molecule has 0 amide bonds. The van der Waals surface area contributed by atoms with E-state index in [0.29, 0.717) is 17.2 Å². The van der Waals surface area contributed by atoms with Gasteiger partial charge in [-0.25, -0.2) is 0 Å². The maximum atomic E-state index is 12.3. The molecule has 1 aliphatic heterocycles. The number of hydrogen-bond donors (Lipinski definition) is 0. The smallest absolute Gasteiger partial charge is 0.185 e. The minimum absolute atomic E-state index is 0.102. The van der Waals surface area contributed by atoms with Crippen molar-refractivity contribution in [2.75, 3.05) is 6.61 Å². The first-order valence-electron chi connectivity index (χ1n) is 8.01. The van der Waals surface area contributed by atoms with Crippen LogP contribution >= 0.6 is 11.6 Å². The largest absolute Gasteiger partial charge is 0.493 e. The van der Waals surface area contributed by atoms with Crippen LogP contribution in [0, 0.1) is 0 Å². The molecule has 0 saturated carbocycles. The molecule has 0 spiro atoms. The topological polar surface area (TPSA) is 35.5 Å². The molecule has 2 aromatic rings. The highest BCUT2D eigenvalue weighted by Crippen LogP contribution is 2.35. The Morgan fingerprint density at radius 2 is 2.21 bits per heavy atom. The lowest BCUT2D eigenvalue weighted by Gasteiger charge is -2.10. The molecule has 0 bridgehead atoms. The SMILES string of the molecule is CCOc1cc2c(cc1/C=C/C(=O)c1cccc(Cl)c1)O[C@H](C)C2. The van der Waals surface area contributed by atoms with Gasteiger partial charge in [-0.3, -0.25) is 4.79 Å². The lowest BCUT2D eigenvalue weighted by Crippen LogP contribution is -2.05. The number of rotatable bonds is 5. The quantitative estimate of drug-likeness (QED) is 0.569. The molecular formula is C20H19ClO3. The second-order valence-corrected chi connectivity index (χ2v) is 6.21. The van der Waals surface area contributed by atoms with Crippen LogP contribution in [0.3, 0.4) is 0 Å². The summed E-state index contributed by atoms with van der Waals surface area (Å²) in [5, 5.41) is 0.546. The van der Waals surface area contributed by atoms with E-state index < -0.39 is 0 Å². The molecule has 0 radical (unpaired) electrons. The Labute approximate surface area is 146 Å². The van der Waals surface area contributed by atoms with E-state index in [2.05, 4.69) is 0 Å². The van der Waals surface area contributed by atoms with Gasteiger partial charge < -0.3 is 9.47 Å². The van der Waals surface area contributed by atoms with Crippen molar-refractivity contribution >= 4 is 23.5 Å². The number of allylic oxidation sites excluding steroid dienone is 1. The molecule has 1 aliphatic rings. The van der Waals surface area contributed by atoms with E-state index in [0.717, 1.165) is 29.0 Å². The number of carbonyl (C=O) groups excluding carboxylic acids is 1. The van der Waals surface area contributed by atoms with E-state index in [1.54, 1.807) is 30.3 Å². The highest BCUT2D eigenvalue weighted by molar-refractivity contribution is 6.31. The minimum atomic E-state index is -0.102. The van der Waals surface area contributed by atoms with Crippen LogP contribution in [0.4, 0.5) is 0 Å². The van der Waals surface area contributed by atoms with E-state index in [1.807, 2.05) is 26.0 Å². The molecule has 4 heteroatoms. The molecule has 24 heavy (non-hydrogen) atoms. The van der Waals surface area contributed by atoms with E-state index in [9.17, 15) is 4.79 Å². The van der Waals surface area contributed by atoms with Gasteiger partial charge in [0.2, 0.25) is 0 Å². The number of benzene rings is 2. The summed E-state index contributed by atoms with van der Waals surface area (Å²) in [5.74, 6) is 1.53. The molecule has 0 aliphatic carbocycles. The zero-order valence-electron chi connectivity index (χ0n) is 13.7. The molecule has 1 atom stereocenters. The van der Waals surface area contributed by atoms with Crippen LogP contribution in [0.1, 0.15) is 35.3 Å². The van der Waals surface area contributed by atoms with Crippen molar-refractivity contribution in [3.05, 3.63) is 64.2 Å². The second kappa shape index (κ2) is 7.10. The van der Waals surface area contributed by atoms with Gasteiger partial charge in [0.05, 0.1) is 6.61 Å². The number of fused-ring (bicyclic) bond motifs is 1. The maximum absolute atomic E-state index is 12.3. The van der Waals surface area contributed by atoms with Gasteiger partial charge in [-0.05, 0) is 50.3 Å². The summed E-state index contributed by atoms with van der Waals surface area (Å²) < 4.78 is 11.5. The number of halogens is 1. The van der Waals surface area contributed by atoms with Crippen molar-refractivity contribution in [2.24, 2.45) is 0 Å². The van der Waals surface area contributed by atoms with Crippen LogP contribution in [-0.4, -0.2) is 18.5 Å². The van der Waals surface area contributed by atoms with Crippen LogP contribution < -0.4 is 9.47 Å². The monoisotopic (exact) mass is 342 g/mol. The lowest BCUT2D eigenvalue weighted by molar-refractivity contribution is 0.104. The van der Waals surface area contributed by atoms with Crippen LogP contribution in [0.15, 0.2) is 42.5 Å². The Balaban J connectivity index is 1.88. The number of ketones is 1. The second-order valence-electron chi connectivity index (χ2n) is 5.77. The summed E-state index contributed by atoms with van der Waals surface area (Å²) in [6.07, 6.45) is 4.34. The third-order valence-electron chi connectivity index (χ3n) is 3.85. The number of carbonyl (C=O) groups is 1. The van der Waals surface area contributed by atoms with Crippen molar-refractivity contribution in [2.45, 2.75) is 26.4 Å². The van der Waals surface area contributed by atoms with Gasteiger partial charge in [0, 0.05) is 28.1 Å². The molecule has 3 rings (SSSR count). The zero-order chi connectivity index (χ0) is 17.1. The summed E-state index contributed by atoms with van der Waals surface area (Å²) in [4.78, 5) is 12.3. The Bertz CT molecular complexity index is 795. The van der Waals surface area contributed by atoms with E-state index >= 15 is 0 Å². The van der Waals surface area contributed by atoms with Gasteiger partial charge in [0.1, 0.15) is 17.6 Å². The average Bonchev–Trinajstić information content (AvgIpc) is 2.91. The molecule has 2 aromatic carbocycles. The predicted molar refractivity (Wildman–Crippen MR) is 96.2 cm³/mol. The van der Waals surface area contributed by atoms with E-state index in [-0.39, 0.29) is 11.9 Å². The molecule has 124 valence electrons. The highest BCUT2D eigenvalue weighted by Gasteiger charge is 2.21. The van der Waals surface area contributed by atoms with Crippen LogP contribution in [-0.2, 0) is 6.42 Å². The highest BCUT2D eigenvalue weighted by atomic mass is 35.5. The lowest BCUT2D eigenvalue weighted by atomic mass is 10.0. The molecule has 0 fully saturated rings. The first-order chi connectivity index (χ1) is 11.6. The fourth-order valence-corrected chi connectivity index (χ4v) is 2.96. The van der Waals surface area contributed by atoms with Gasteiger partial charge >= 0.3 is 0 Å². The maximum Gasteiger partial charge on any atom is 0.185 e. The summed E-state index contributed by atoms with van der Waals surface area (Å²) in [6.45, 7) is 4.55. The fraction of sp³-hybridized carbons (Fsp3) is 0.250. The van der Waals surface area contributed by atoms with E-state index in [1.165, 1.54) is 6.08 Å². The Morgan fingerprint density at radius 1 is 1.38 bits per heavy atom. The summed E-state index contributed by atoms with van der Waals surface area (Å²) in [6, 6.07) is 10.9. The summed E-state index contributed by atoms with van der Waals surface area (Å²) in [7, 11) is 0. The van der Waals surface area contributed by atoms with Crippen molar-refractivity contribution in [1.82, 2.24) is 0 Å². The van der Waals surface area contributed by atoms with Crippen LogP contribution in [0.5, 0.6) is 11.5 Å². The summed E-state index contributed by atoms with van der Waals surface area (Å²) >= 11 is 5.94. The van der Waals surface area contributed by atoms with Crippen molar-refractivity contribution in [3.8, 4) is 11.5 Å². The van der Waals surface area contributed by atoms with Gasteiger partial charge in [0.25, 0.3) is 0 Å². The standard InChI is InChI=1S/C20H19ClO3/c1-3-23-19-12-16-9-13(2)24-20(16)11-15(19)7-8-18(22)14-5-4-6-17(21)10-14/h4-8,10-13H,3,9H2,1-2H3/b8-7+/t13-/m1/s1. The minimum Gasteiger partial charge on any atom is -0.493 e. The van der Waals surface area contributed by atoms with Crippen molar-refractivity contribution in [1.29, 1.82) is 0 Å². The van der Waals surface area contributed by atoms with Crippen LogP contribution in [0.2, 0.25) is 5.02 Å². The normalized spacial score (nSPS) is 16.0. The number of ether oxygens (including phenoxy) is 2. The first-order valence-corrected chi connectivity index (χ1v) is 8.39. The molecular weight excluding hydrogens is 324 g/mol. The summed E-state index contributed by atoms with van der Waals surface area (Å²) in [5.41, 5.74) is 2.53. The Morgan fingerprint density at radius 3 is 2.96 bits per heavy atom. The third kappa shape index (κ3) is 3.62. The number of hydrogen-bond acceptors (Lipinski definition) is 3. The molecule has 0 aromatic heterocycles. The molecule has 0 unspecified atom stereocenters. The Kier molecular flexibility index (Phi) is 4.91. The van der Waals surface area contributed by atoms with Gasteiger partial charge in [-0.15, -0.1) is 0 Å². The van der Waals surface area contributed by atoms with Gasteiger partial charge in [-0.1, -0.05) is 23.7 Å². The fourth-order valence-electron chi connectivity index (χ4n) is 2.77. The molecule has 3 nitrogen and oxygen atoms in total.